The minimum Gasteiger partial charge on any atom is -0.386 e. The van der Waals surface area contributed by atoms with Gasteiger partial charge in [-0.3, -0.25) is 0 Å². The minimum absolute atomic E-state index is 0.0387. The van der Waals surface area contributed by atoms with Crippen LogP contribution in [0, 0.1) is 6.92 Å². The summed E-state index contributed by atoms with van der Waals surface area (Å²) in [6, 6.07) is 8.07. The van der Waals surface area contributed by atoms with Crippen molar-refractivity contribution in [1.82, 2.24) is 0 Å². The molecular weight excluding hydrogens is 370 g/mol. The lowest BCUT2D eigenvalue weighted by molar-refractivity contribution is 0.0397. The predicted molar refractivity (Wildman–Crippen MR) is 87.4 cm³/mol. The van der Waals surface area contributed by atoms with Gasteiger partial charge in [-0.15, -0.1) is 0 Å². The summed E-state index contributed by atoms with van der Waals surface area (Å²) in [6.07, 6.45) is 0. The van der Waals surface area contributed by atoms with E-state index in [2.05, 4.69) is 0 Å². The summed E-state index contributed by atoms with van der Waals surface area (Å²) in [4.78, 5) is 24.1. The second-order valence-corrected chi connectivity index (χ2v) is 5.81. The van der Waals surface area contributed by atoms with Gasteiger partial charge in [0.15, 0.2) is 0 Å². The largest absolute Gasteiger partial charge is 0.386 e. The number of carbonyl (C=O) groups excluding carboxylic acids is 2. The van der Waals surface area contributed by atoms with Crippen molar-refractivity contribution in [2.75, 3.05) is 0 Å². The van der Waals surface area contributed by atoms with Gasteiger partial charge in [0.05, 0.1) is 31.2 Å². The van der Waals surface area contributed by atoms with Gasteiger partial charge in [0.25, 0.3) is 0 Å². The van der Waals surface area contributed by atoms with Gasteiger partial charge in [0.1, 0.15) is 0 Å². The Morgan fingerprint density at radius 1 is 0.818 bits per heavy atom. The maximum Gasteiger partial charge on any atom is 0.347 e. The molecule has 0 aliphatic heterocycles. The maximum atomic E-state index is 12.2. The molecule has 0 N–H and O–H groups in total. The van der Waals surface area contributed by atoms with Crippen molar-refractivity contribution in [3.63, 3.8) is 0 Å². The van der Waals surface area contributed by atoms with Crippen molar-refractivity contribution in [2.24, 2.45) is 0 Å². The molecule has 0 aliphatic carbocycles. The number of hydrogen-bond donors (Lipinski definition) is 0. The van der Waals surface area contributed by atoms with E-state index < -0.39 is 11.9 Å². The van der Waals surface area contributed by atoms with Crippen LogP contribution < -0.4 is 0 Å². The summed E-state index contributed by atoms with van der Waals surface area (Å²) in [6.45, 7) is 1.53. The first kappa shape index (κ1) is 17.1. The summed E-state index contributed by atoms with van der Waals surface area (Å²) in [5, 5.41) is -0.0654. The molecule has 0 unspecified atom stereocenters. The number of benzene rings is 2. The number of ether oxygens (including phenoxy) is 1. The Hall–Kier alpha value is -1.26. The quantitative estimate of drug-likeness (QED) is 0.296. The lowest BCUT2D eigenvalue weighted by Gasteiger charge is -2.12. The van der Waals surface area contributed by atoms with Crippen LogP contribution in [0.1, 0.15) is 26.3 Å². The lowest BCUT2D eigenvalue weighted by atomic mass is 10.1. The van der Waals surface area contributed by atoms with Crippen molar-refractivity contribution >= 4 is 58.3 Å². The molecule has 0 heterocycles. The second-order valence-electron chi connectivity index (χ2n) is 4.30. The molecule has 0 atom stereocenters. The van der Waals surface area contributed by atoms with Gasteiger partial charge < -0.3 is 4.74 Å². The standard InChI is InChI=1S/C15H8Cl4O3/c1-7-9(11(17)13(19)12(18)10(7)16)15(21)22-14(20)8-5-3-2-4-6-8/h2-6H,1H3. The SMILES string of the molecule is Cc1c(Cl)c(Cl)c(Cl)c(Cl)c1C(=O)OC(=O)c1ccccc1. The second kappa shape index (κ2) is 6.88. The molecule has 0 aliphatic rings. The highest BCUT2D eigenvalue weighted by Gasteiger charge is 2.25. The van der Waals surface area contributed by atoms with Gasteiger partial charge in [-0.05, 0) is 24.6 Å². The molecule has 0 fully saturated rings. The van der Waals surface area contributed by atoms with Crippen molar-refractivity contribution in [1.29, 1.82) is 0 Å². The fourth-order valence-corrected chi connectivity index (χ4v) is 2.78. The molecule has 0 radical (unpaired) electrons. The summed E-state index contributed by atoms with van der Waals surface area (Å²) < 4.78 is 4.81. The van der Waals surface area contributed by atoms with E-state index in [1.807, 2.05) is 0 Å². The van der Waals surface area contributed by atoms with Gasteiger partial charge in [-0.1, -0.05) is 64.6 Å². The van der Waals surface area contributed by atoms with Gasteiger partial charge >= 0.3 is 11.9 Å². The summed E-state index contributed by atoms with van der Waals surface area (Å²) in [5.41, 5.74) is 0.424. The smallest absolute Gasteiger partial charge is 0.347 e. The normalized spacial score (nSPS) is 10.4. The Balaban J connectivity index is 2.37. The zero-order chi connectivity index (χ0) is 16.4. The van der Waals surface area contributed by atoms with E-state index >= 15 is 0 Å². The maximum absolute atomic E-state index is 12.2. The van der Waals surface area contributed by atoms with Gasteiger partial charge in [-0.25, -0.2) is 9.59 Å². The first-order chi connectivity index (χ1) is 10.3. The monoisotopic (exact) mass is 376 g/mol. The highest BCUT2D eigenvalue weighted by molar-refractivity contribution is 6.53. The van der Waals surface area contributed by atoms with Crippen LogP contribution in [0.4, 0.5) is 0 Å². The Morgan fingerprint density at radius 3 is 1.95 bits per heavy atom. The molecule has 3 nitrogen and oxygen atoms in total. The van der Waals surface area contributed by atoms with Gasteiger partial charge in [-0.2, -0.15) is 0 Å². The Kier molecular flexibility index (Phi) is 5.35. The van der Waals surface area contributed by atoms with E-state index in [4.69, 9.17) is 51.1 Å². The molecule has 2 aromatic rings. The Morgan fingerprint density at radius 2 is 1.36 bits per heavy atom. The predicted octanol–water partition coefficient (Wildman–Crippen LogP) is 5.61. The first-order valence-electron chi connectivity index (χ1n) is 5.98. The van der Waals surface area contributed by atoms with Crippen LogP contribution in [0.2, 0.25) is 20.1 Å². The van der Waals surface area contributed by atoms with E-state index in [9.17, 15) is 9.59 Å². The third kappa shape index (κ3) is 3.23. The van der Waals surface area contributed by atoms with Crippen molar-refractivity contribution in [2.45, 2.75) is 6.92 Å². The first-order valence-corrected chi connectivity index (χ1v) is 7.49. The molecule has 114 valence electrons. The van der Waals surface area contributed by atoms with E-state index in [0.29, 0.717) is 0 Å². The molecular formula is C15H8Cl4O3. The van der Waals surface area contributed by atoms with Crippen molar-refractivity contribution < 1.29 is 14.3 Å². The molecule has 0 saturated carbocycles. The molecule has 7 heteroatoms. The Bertz CT molecular complexity index is 728. The molecule has 0 spiro atoms. The number of rotatable bonds is 2. The molecule has 0 aromatic heterocycles. The van der Waals surface area contributed by atoms with E-state index in [0.717, 1.165) is 0 Å². The van der Waals surface area contributed by atoms with E-state index in [1.165, 1.54) is 19.1 Å². The fourth-order valence-electron chi connectivity index (χ4n) is 1.75. The number of halogens is 4. The zero-order valence-corrected chi connectivity index (χ0v) is 14.1. The average Bonchev–Trinajstić information content (AvgIpc) is 2.52. The van der Waals surface area contributed by atoms with Gasteiger partial charge in [0.2, 0.25) is 0 Å². The summed E-state index contributed by atoms with van der Waals surface area (Å²) in [7, 11) is 0. The van der Waals surface area contributed by atoms with Crippen LogP contribution in [0.15, 0.2) is 30.3 Å². The molecule has 22 heavy (non-hydrogen) atoms. The topological polar surface area (TPSA) is 43.4 Å². The Labute approximate surface area is 146 Å². The highest BCUT2D eigenvalue weighted by Crippen LogP contribution is 2.41. The van der Waals surface area contributed by atoms with E-state index in [1.54, 1.807) is 18.2 Å². The summed E-state index contributed by atoms with van der Waals surface area (Å²) >= 11 is 23.8. The van der Waals surface area contributed by atoms with Crippen LogP contribution in [0.3, 0.4) is 0 Å². The zero-order valence-electron chi connectivity index (χ0n) is 11.1. The number of hydrogen-bond acceptors (Lipinski definition) is 3. The van der Waals surface area contributed by atoms with E-state index in [-0.39, 0.29) is 36.8 Å². The van der Waals surface area contributed by atoms with Crippen LogP contribution in [0.25, 0.3) is 0 Å². The summed E-state index contributed by atoms with van der Waals surface area (Å²) in [5.74, 6) is -1.75. The van der Waals surface area contributed by atoms with Crippen LogP contribution in [-0.4, -0.2) is 11.9 Å². The van der Waals surface area contributed by atoms with Crippen LogP contribution in [0.5, 0.6) is 0 Å². The molecule has 0 bridgehead atoms. The third-order valence-electron chi connectivity index (χ3n) is 2.90. The number of esters is 2. The minimum atomic E-state index is -0.947. The van der Waals surface area contributed by atoms with Crippen molar-refractivity contribution in [3.05, 3.63) is 67.1 Å². The van der Waals surface area contributed by atoms with Crippen LogP contribution in [-0.2, 0) is 4.74 Å². The average molecular weight is 378 g/mol. The fraction of sp³-hybridized carbons (Fsp3) is 0.0667. The molecule has 2 rings (SSSR count). The molecule has 0 amide bonds. The highest BCUT2D eigenvalue weighted by atomic mass is 35.5. The molecule has 2 aromatic carbocycles. The van der Waals surface area contributed by atoms with Crippen molar-refractivity contribution in [3.8, 4) is 0 Å². The van der Waals surface area contributed by atoms with Crippen LogP contribution >= 0.6 is 46.4 Å². The van der Waals surface area contributed by atoms with Gasteiger partial charge in [0, 0.05) is 0 Å². The lowest BCUT2D eigenvalue weighted by Crippen LogP contribution is -2.15. The number of carbonyl (C=O) groups is 2. The third-order valence-corrected chi connectivity index (χ3v) is 4.80. The molecule has 0 saturated heterocycles.